The van der Waals surface area contributed by atoms with Crippen LogP contribution in [0.1, 0.15) is 23.3 Å². The van der Waals surface area contributed by atoms with Crippen molar-refractivity contribution in [2.45, 2.75) is 17.1 Å². The number of hydrogen-bond donors (Lipinski definition) is 3. The maximum absolute atomic E-state index is 13.3. The molecule has 0 aromatic heterocycles. The van der Waals surface area contributed by atoms with Crippen molar-refractivity contribution in [3.63, 3.8) is 0 Å². The number of hydrogen-bond acceptors (Lipinski definition) is 4. The largest absolute Gasteiger partial charge is 0.326 e. The van der Waals surface area contributed by atoms with Gasteiger partial charge in [0.25, 0.3) is 0 Å². The summed E-state index contributed by atoms with van der Waals surface area (Å²) in [4.78, 5) is 37.7. The molecule has 4 aromatic carbocycles. The lowest BCUT2D eigenvalue weighted by Gasteiger charge is -2.17. The van der Waals surface area contributed by atoms with Gasteiger partial charge in [-0.05, 0) is 65.7 Å². The van der Waals surface area contributed by atoms with E-state index in [1.54, 1.807) is 30.3 Å². The predicted molar refractivity (Wildman–Crippen MR) is 155 cm³/mol. The van der Waals surface area contributed by atoms with Crippen molar-refractivity contribution in [3.05, 3.63) is 126 Å². The van der Waals surface area contributed by atoms with E-state index in [4.69, 9.17) is 0 Å². The van der Waals surface area contributed by atoms with Gasteiger partial charge in [-0.15, -0.1) is 11.8 Å². The summed E-state index contributed by atoms with van der Waals surface area (Å²) in [5, 5.41) is 8.04. The molecular weight excluding hydrogens is 494 g/mol. The zero-order chi connectivity index (χ0) is 26.7. The van der Waals surface area contributed by atoms with E-state index >= 15 is 0 Å². The molecule has 6 nitrogen and oxygen atoms in total. The molecule has 0 radical (unpaired) electrons. The van der Waals surface area contributed by atoms with Gasteiger partial charge >= 0.3 is 0 Å². The second kappa shape index (κ2) is 13.1. The summed E-state index contributed by atoms with van der Waals surface area (Å²) in [5.41, 5.74) is 3.77. The van der Waals surface area contributed by atoms with Crippen molar-refractivity contribution in [1.82, 2.24) is 0 Å². The summed E-state index contributed by atoms with van der Waals surface area (Å²) in [6.07, 6.45) is 3.26. The van der Waals surface area contributed by atoms with Gasteiger partial charge in [-0.3, -0.25) is 14.4 Å². The molecule has 4 rings (SSSR count). The van der Waals surface area contributed by atoms with Gasteiger partial charge in [0.15, 0.2) is 0 Å². The monoisotopic (exact) mass is 521 g/mol. The minimum Gasteiger partial charge on any atom is -0.326 e. The normalized spacial score (nSPS) is 11.5. The molecule has 0 heterocycles. The number of anilines is 3. The summed E-state index contributed by atoms with van der Waals surface area (Å²) in [5.74, 6) is -0.547. The van der Waals surface area contributed by atoms with E-state index in [1.807, 2.05) is 84.9 Å². The van der Waals surface area contributed by atoms with E-state index in [0.717, 1.165) is 16.0 Å². The average molecular weight is 522 g/mol. The average Bonchev–Trinajstić information content (AvgIpc) is 2.93. The summed E-state index contributed by atoms with van der Waals surface area (Å²) >= 11 is 1.42. The highest BCUT2D eigenvalue weighted by atomic mass is 32.2. The van der Waals surface area contributed by atoms with E-state index in [9.17, 15) is 14.4 Å². The first-order valence-corrected chi connectivity index (χ1v) is 12.9. The number of carbonyl (C=O) groups is 3. The lowest BCUT2D eigenvalue weighted by molar-refractivity contribution is -0.116. The van der Waals surface area contributed by atoms with Crippen molar-refractivity contribution in [1.29, 1.82) is 0 Å². The maximum Gasteiger partial charge on any atom is 0.248 e. The van der Waals surface area contributed by atoms with Crippen LogP contribution in [0.2, 0.25) is 0 Å². The number of amides is 3. The van der Waals surface area contributed by atoms with Gasteiger partial charge in [0.05, 0.1) is 0 Å². The van der Waals surface area contributed by atoms with E-state index in [2.05, 4.69) is 16.0 Å². The highest BCUT2D eigenvalue weighted by Gasteiger charge is 2.22. The molecule has 1 unspecified atom stereocenters. The zero-order valence-corrected chi connectivity index (χ0v) is 21.6. The van der Waals surface area contributed by atoms with Gasteiger partial charge in [0.2, 0.25) is 17.7 Å². The molecule has 190 valence electrons. The molecule has 3 N–H and O–H groups in total. The van der Waals surface area contributed by atoms with Crippen LogP contribution in [-0.2, 0) is 14.4 Å². The fraction of sp³-hybridized carbons (Fsp3) is 0.0645. The fourth-order valence-corrected chi connectivity index (χ4v) is 4.65. The smallest absolute Gasteiger partial charge is 0.248 e. The van der Waals surface area contributed by atoms with Crippen LogP contribution in [0.15, 0.2) is 120 Å². The minimum atomic E-state index is -0.500. The summed E-state index contributed by atoms with van der Waals surface area (Å²) in [7, 11) is 0. The van der Waals surface area contributed by atoms with Crippen LogP contribution in [-0.4, -0.2) is 17.7 Å². The zero-order valence-electron chi connectivity index (χ0n) is 20.8. The number of carbonyl (C=O) groups excluding carboxylic acids is 3. The van der Waals surface area contributed by atoms with Gasteiger partial charge in [0, 0.05) is 35.0 Å². The van der Waals surface area contributed by atoms with Crippen LogP contribution < -0.4 is 16.0 Å². The molecule has 1 atom stereocenters. The molecule has 0 bridgehead atoms. The Morgan fingerprint density at radius 3 is 1.79 bits per heavy atom. The van der Waals surface area contributed by atoms with Crippen LogP contribution in [0.5, 0.6) is 0 Å². The molecule has 3 amide bonds. The van der Waals surface area contributed by atoms with Gasteiger partial charge in [-0.2, -0.15) is 0 Å². The van der Waals surface area contributed by atoms with E-state index < -0.39 is 5.25 Å². The van der Waals surface area contributed by atoms with Crippen LogP contribution in [0.3, 0.4) is 0 Å². The van der Waals surface area contributed by atoms with E-state index in [0.29, 0.717) is 17.1 Å². The van der Waals surface area contributed by atoms with Crippen LogP contribution >= 0.6 is 11.8 Å². The molecule has 0 saturated carbocycles. The molecule has 0 fully saturated rings. The molecule has 38 heavy (non-hydrogen) atoms. The number of rotatable bonds is 9. The second-order valence-corrected chi connectivity index (χ2v) is 9.59. The van der Waals surface area contributed by atoms with E-state index in [1.165, 1.54) is 24.8 Å². The molecular formula is C31H27N3O3S. The van der Waals surface area contributed by atoms with Gasteiger partial charge < -0.3 is 16.0 Å². The lowest BCUT2D eigenvalue weighted by Crippen LogP contribution is -2.19. The van der Waals surface area contributed by atoms with Crippen LogP contribution in [0.4, 0.5) is 17.1 Å². The van der Waals surface area contributed by atoms with Crippen LogP contribution in [0.25, 0.3) is 6.08 Å². The third-order valence-corrected chi connectivity index (χ3v) is 6.68. The summed E-state index contributed by atoms with van der Waals surface area (Å²) in [6.45, 7) is 1.45. The maximum atomic E-state index is 13.3. The highest BCUT2D eigenvalue weighted by molar-refractivity contribution is 8.00. The Labute approximate surface area is 226 Å². The third kappa shape index (κ3) is 7.94. The molecule has 0 saturated heterocycles. The number of thioether (sulfide) groups is 1. The van der Waals surface area contributed by atoms with Crippen molar-refractivity contribution in [3.8, 4) is 0 Å². The molecule has 0 aliphatic carbocycles. The lowest BCUT2D eigenvalue weighted by atomic mass is 10.1. The Morgan fingerprint density at radius 1 is 0.658 bits per heavy atom. The van der Waals surface area contributed by atoms with Crippen molar-refractivity contribution in [2.75, 3.05) is 16.0 Å². The topological polar surface area (TPSA) is 87.3 Å². The van der Waals surface area contributed by atoms with Gasteiger partial charge in [0.1, 0.15) is 5.25 Å². The van der Waals surface area contributed by atoms with E-state index in [-0.39, 0.29) is 17.7 Å². The van der Waals surface area contributed by atoms with Crippen molar-refractivity contribution in [2.24, 2.45) is 0 Å². The Hall–Kier alpha value is -4.62. The molecule has 0 aliphatic heterocycles. The summed E-state index contributed by atoms with van der Waals surface area (Å²) in [6, 6.07) is 33.5. The second-order valence-electron chi connectivity index (χ2n) is 8.41. The van der Waals surface area contributed by atoms with Gasteiger partial charge in [-0.1, -0.05) is 60.7 Å². The fourth-order valence-electron chi connectivity index (χ4n) is 3.62. The Balaban J connectivity index is 1.42. The van der Waals surface area contributed by atoms with Crippen molar-refractivity contribution < 1.29 is 14.4 Å². The molecule has 0 spiro atoms. The molecule has 0 aliphatic rings. The minimum absolute atomic E-state index is 0.156. The Morgan fingerprint density at radius 2 is 1.18 bits per heavy atom. The third-order valence-electron chi connectivity index (χ3n) is 5.42. The Bertz CT molecular complexity index is 1400. The first-order valence-electron chi connectivity index (χ1n) is 12.0. The number of benzene rings is 4. The highest BCUT2D eigenvalue weighted by Crippen LogP contribution is 2.36. The first kappa shape index (κ1) is 26.4. The quantitative estimate of drug-likeness (QED) is 0.168. The first-order chi connectivity index (χ1) is 18.5. The van der Waals surface area contributed by atoms with Gasteiger partial charge in [-0.25, -0.2) is 0 Å². The Kier molecular flexibility index (Phi) is 9.10. The predicted octanol–water partition coefficient (Wildman–Crippen LogP) is 6.77. The number of nitrogens with one attached hydrogen (secondary N) is 3. The molecule has 7 heteroatoms. The summed E-state index contributed by atoms with van der Waals surface area (Å²) < 4.78 is 0. The van der Waals surface area contributed by atoms with Crippen molar-refractivity contribution >= 4 is 52.6 Å². The van der Waals surface area contributed by atoms with Crippen LogP contribution in [0, 0.1) is 0 Å². The standard InChI is InChI=1S/C31H27N3O3S/c1-22(35)32-25-13-15-27(16-14-25)34-31(37)30(24-10-6-3-7-11-24)38-28-19-17-26(18-20-28)33-29(36)21-12-23-8-4-2-5-9-23/h2-21,30H,1H3,(H,32,35)(H,33,36)(H,34,37)/b21-12+. The SMILES string of the molecule is CC(=O)Nc1ccc(NC(=O)C(Sc2ccc(NC(=O)/C=C/c3ccccc3)cc2)c2ccccc2)cc1. The molecule has 4 aromatic rings.